The normalized spacial score (nSPS) is 11.1. The molecule has 3 N–H and O–H groups in total. The van der Waals surface area contributed by atoms with E-state index in [9.17, 15) is 27.6 Å². The van der Waals surface area contributed by atoms with Gasteiger partial charge in [-0.05, 0) is 0 Å². The third-order valence-corrected chi connectivity index (χ3v) is 2.73. The van der Waals surface area contributed by atoms with Crippen LogP contribution >= 0.6 is 11.8 Å². The van der Waals surface area contributed by atoms with Crippen LogP contribution in [0.3, 0.4) is 0 Å². The second-order valence-electron chi connectivity index (χ2n) is 3.53. The van der Waals surface area contributed by atoms with E-state index in [0.29, 0.717) is 0 Å². The number of alkyl halides is 3. The average Bonchev–Trinajstić information content (AvgIpc) is 2.20. The zero-order valence-electron chi connectivity index (χ0n) is 9.77. The largest absolute Gasteiger partial charge is 0.480 e. The highest BCUT2D eigenvalue weighted by Crippen LogP contribution is 2.17. The lowest BCUT2D eigenvalue weighted by molar-refractivity contribution is -0.165. The molecule has 0 radical (unpaired) electrons. The second kappa shape index (κ2) is 7.87. The highest BCUT2D eigenvalue weighted by molar-refractivity contribution is 7.99. The first kappa shape index (κ1) is 17.6. The molecule has 0 atom stereocenters. The molecule has 0 aromatic heterocycles. The van der Waals surface area contributed by atoms with Crippen LogP contribution in [0.25, 0.3) is 0 Å². The molecule has 0 bridgehead atoms. The first-order chi connectivity index (χ1) is 8.61. The lowest BCUT2D eigenvalue weighted by Crippen LogP contribution is -2.42. The Hall–Kier alpha value is -1.45. The average molecular weight is 302 g/mol. The van der Waals surface area contributed by atoms with Crippen molar-refractivity contribution >= 4 is 29.5 Å². The summed E-state index contributed by atoms with van der Waals surface area (Å²) in [6.07, 6.45) is -4.95. The molecular weight excluding hydrogens is 289 g/mol. The number of hydrogen-bond donors (Lipinski definition) is 2. The molecule has 6 nitrogen and oxygen atoms in total. The van der Waals surface area contributed by atoms with E-state index in [2.05, 4.69) is 0 Å². The van der Waals surface area contributed by atoms with Gasteiger partial charge in [0.2, 0.25) is 11.8 Å². The van der Waals surface area contributed by atoms with Crippen molar-refractivity contribution < 1.29 is 32.7 Å². The summed E-state index contributed by atoms with van der Waals surface area (Å²) < 4.78 is 36.5. The van der Waals surface area contributed by atoms with Crippen molar-refractivity contribution in [2.24, 2.45) is 5.73 Å². The molecule has 0 fully saturated rings. The monoisotopic (exact) mass is 302 g/mol. The zero-order chi connectivity index (χ0) is 15.1. The number of rotatable bonds is 8. The van der Waals surface area contributed by atoms with Gasteiger partial charge in [0, 0.05) is 12.2 Å². The van der Waals surface area contributed by atoms with Crippen molar-refractivity contribution in [1.82, 2.24) is 4.90 Å². The van der Waals surface area contributed by atoms with Crippen LogP contribution in [0, 0.1) is 0 Å². The van der Waals surface area contributed by atoms with Crippen LogP contribution in [-0.2, 0) is 14.4 Å². The van der Waals surface area contributed by atoms with Gasteiger partial charge in [-0.15, -0.1) is 0 Å². The highest BCUT2D eigenvalue weighted by Gasteiger charge is 2.33. The lowest BCUT2D eigenvalue weighted by atomic mass is 10.3. The third-order valence-electron chi connectivity index (χ3n) is 1.75. The maximum absolute atomic E-state index is 12.2. The van der Waals surface area contributed by atoms with Crippen molar-refractivity contribution in [2.45, 2.75) is 12.6 Å². The minimum absolute atomic E-state index is 0.0501. The van der Waals surface area contributed by atoms with Crippen molar-refractivity contribution in [3.05, 3.63) is 0 Å². The minimum atomic E-state index is -4.66. The first-order valence-electron chi connectivity index (χ1n) is 5.04. The number of hydrogen-bond acceptors (Lipinski definition) is 4. The minimum Gasteiger partial charge on any atom is -0.480 e. The van der Waals surface area contributed by atoms with Gasteiger partial charge in [-0.3, -0.25) is 14.4 Å². The predicted molar refractivity (Wildman–Crippen MR) is 61.4 cm³/mol. The number of carboxylic acids is 1. The zero-order valence-corrected chi connectivity index (χ0v) is 10.6. The van der Waals surface area contributed by atoms with Gasteiger partial charge in [-0.25, -0.2) is 0 Å². The van der Waals surface area contributed by atoms with Crippen LogP contribution in [0.4, 0.5) is 13.2 Å². The number of thioether (sulfide) groups is 1. The number of amides is 2. The molecule has 0 unspecified atom stereocenters. The number of carboxylic acid groups (broad SMARTS) is 1. The fourth-order valence-corrected chi connectivity index (χ4v) is 1.77. The van der Waals surface area contributed by atoms with E-state index in [1.807, 2.05) is 0 Å². The molecule has 0 spiro atoms. The molecule has 10 heteroatoms. The topological polar surface area (TPSA) is 101 Å². The number of nitrogens with zero attached hydrogens (tertiary/aromatic N) is 1. The van der Waals surface area contributed by atoms with Gasteiger partial charge in [-0.2, -0.15) is 24.9 Å². The van der Waals surface area contributed by atoms with Crippen molar-refractivity contribution in [1.29, 1.82) is 0 Å². The van der Waals surface area contributed by atoms with Crippen LogP contribution in [0.1, 0.15) is 6.42 Å². The summed E-state index contributed by atoms with van der Waals surface area (Å²) in [7, 11) is 0. The summed E-state index contributed by atoms with van der Waals surface area (Å²) in [6.45, 7) is -2.63. The number of carbonyl (C=O) groups excluding carboxylic acids is 2. The maximum atomic E-state index is 12.2. The molecule has 0 aromatic carbocycles. The van der Waals surface area contributed by atoms with Gasteiger partial charge < -0.3 is 15.7 Å². The fourth-order valence-electron chi connectivity index (χ4n) is 1.10. The van der Waals surface area contributed by atoms with Gasteiger partial charge in [0.05, 0.1) is 5.75 Å². The Morgan fingerprint density at radius 3 is 2.26 bits per heavy atom. The standard InChI is InChI=1S/C9H13F3N2O4S/c10-9(11,12)5-14(3-8(17)18)7(16)1-2-19-4-6(13)15/h1-5H2,(H2,13,15)(H,17,18). The summed E-state index contributed by atoms with van der Waals surface area (Å²) in [5, 5.41) is 8.45. The number of primary amides is 1. The first-order valence-corrected chi connectivity index (χ1v) is 6.19. The molecule has 0 heterocycles. The predicted octanol–water partition coefficient (Wildman–Crippen LogP) is 0.0705. The Labute approximate surface area is 111 Å². The summed E-state index contributed by atoms with van der Waals surface area (Å²) in [6, 6.07) is 0. The van der Waals surface area contributed by atoms with E-state index in [4.69, 9.17) is 10.8 Å². The van der Waals surface area contributed by atoms with E-state index >= 15 is 0 Å². The highest BCUT2D eigenvalue weighted by atomic mass is 32.2. The summed E-state index contributed by atoms with van der Waals surface area (Å²) in [5.41, 5.74) is 4.84. The molecule has 0 aliphatic rings. The smallest absolute Gasteiger partial charge is 0.406 e. The molecule has 2 amide bonds. The van der Waals surface area contributed by atoms with Gasteiger partial charge >= 0.3 is 12.1 Å². The van der Waals surface area contributed by atoms with Crippen LogP contribution in [-0.4, -0.2) is 58.6 Å². The van der Waals surface area contributed by atoms with Crippen molar-refractivity contribution in [3.63, 3.8) is 0 Å². The Kier molecular flexibility index (Phi) is 7.27. The van der Waals surface area contributed by atoms with E-state index in [1.54, 1.807) is 0 Å². The number of halogens is 3. The van der Waals surface area contributed by atoms with E-state index in [1.165, 1.54) is 0 Å². The van der Waals surface area contributed by atoms with Crippen LogP contribution < -0.4 is 5.73 Å². The fraction of sp³-hybridized carbons (Fsp3) is 0.667. The molecule has 0 aromatic rings. The van der Waals surface area contributed by atoms with E-state index < -0.39 is 37.0 Å². The lowest BCUT2D eigenvalue weighted by Gasteiger charge is -2.21. The van der Waals surface area contributed by atoms with Gasteiger partial charge in [0.1, 0.15) is 13.1 Å². The Balaban J connectivity index is 4.30. The second-order valence-corrected chi connectivity index (χ2v) is 4.63. The molecule has 0 saturated carbocycles. The Morgan fingerprint density at radius 2 is 1.84 bits per heavy atom. The van der Waals surface area contributed by atoms with Crippen molar-refractivity contribution in [3.8, 4) is 0 Å². The molecule has 0 aliphatic carbocycles. The molecule has 0 saturated heterocycles. The van der Waals surface area contributed by atoms with Gasteiger partial charge in [-0.1, -0.05) is 0 Å². The van der Waals surface area contributed by atoms with Crippen molar-refractivity contribution in [2.75, 3.05) is 24.6 Å². The molecule has 110 valence electrons. The third kappa shape index (κ3) is 10.2. The quantitative estimate of drug-likeness (QED) is 0.618. The Morgan fingerprint density at radius 1 is 1.26 bits per heavy atom. The maximum Gasteiger partial charge on any atom is 0.406 e. The van der Waals surface area contributed by atoms with Crippen LogP contribution in [0.15, 0.2) is 0 Å². The van der Waals surface area contributed by atoms with E-state index in [0.717, 1.165) is 11.8 Å². The molecule has 0 aliphatic heterocycles. The number of carbonyl (C=O) groups is 3. The number of nitrogens with two attached hydrogens (primary N) is 1. The number of aliphatic carboxylic acids is 1. The summed E-state index contributed by atoms with van der Waals surface area (Å²) >= 11 is 0.993. The Bertz CT molecular complexity index is 349. The molecular formula is C9H13F3N2O4S. The molecule has 0 rings (SSSR count). The van der Waals surface area contributed by atoms with Gasteiger partial charge in [0.25, 0.3) is 0 Å². The van der Waals surface area contributed by atoms with Crippen LogP contribution in [0.2, 0.25) is 0 Å². The summed E-state index contributed by atoms with van der Waals surface area (Å²) in [5.74, 6) is -3.02. The van der Waals surface area contributed by atoms with Crippen LogP contribution in [0.5, 0.6) is 0 Å². The SMILES string of the molecule is NC(=O)CSCCC(=O)N(CC(=O)O)CC(F)(F)F. The van der Waals surface area contributed by atoms with E-state index in [-0.39, 0.29) is 22.8 Å². The van der Waals surface area contributed by atoms with Gasteiger partial charge in [0.15, 0.2) is 0 Å². The molecule has 19 heavy (non-hydrogen) atoms. The summed E-state index contributed by atoms with van der Waals surface area (Å²) in [4.78, 5) is 32.4.